The Balaban J connectivity index is 1.54. The smallest absolute Gasteiger partial charge is 0.191 e. The number of aliphatic imine (C=N–C) groups is 1. The van der Waals surface area contributed by atoms with Crippen molar-refractivity contribution in [3.05, 3.63) is 24.2 Å². The third kappa shape index (κ3) is 7.46. The number of furan rings is 1. The second-order valence-electron chi connectivity index (χ2n) is 6.19. The zero-order valence-electron chi connectivity index (χ0n) is 15.5. The molecule has 0 aromatic carbocycles. The zero-order chi connectivity index (χ0) is 17.7. The van der Waals surface area contributed by atoms with Crippen molar-refractivity contribution >= 4 is 5.96 Å². The lowest BCUT2D eigenvalue weighted by Crippen LogP contribution is -2.45. The van der Waals surface area contributed by atoms with Crippen LogP contribution in [0.25, 0.3) is 0 Å². The van der Waals surface area contributed by atoms with Gasteiger partial charge in [-0.2, -0.15) is 0 Å². The summed E-state index contributed by atoms with van der Waals surface area (Å²) in [6, 6.07) is 4.35. The quantitative estimate of drug-likeness (QED) is 0.357. The normalized spacial score (nSPS) is 18.6. The van der Waals surface area contributed by atoms with Crippen LogP contribution in [0.1, 0.15) is 25.0 Å². The molecule has 7 nitrogen and oxygen atoms in total. The fourth-order valence-electron chi connectivity index (χ4n) is 3.01. The van der Waals surface area contributed by atoms with Crippen LogP contribution >= 0.6 is 0 Å². The van der Waals surface area contributed by atoms with Gasteiger partial charge in [0.15, 0.2) is 5.96 Å². The van der Waals surface area contributed by atoms with E-state index in [1.165, 1.54) is 12.8 Å². The molecule has 2 N–H and O–H groups in total. The Bertz CT molecular complexity index is 479. The van der Waals surface area contributed by atoms with Crippen LogP contribution in [0.5, 0.6) is 0 Å². The number of nitrogens with zero attached hydrogens (tertiary/aromatic N) is 2. The van der Waals surface area contributed by atoms with Crippen molar-refractivity contribution < 1.29 is 13.9 Å². The molecule has 2 rings (SSSR count). The number of hydrogen-bond donors (Lipinski definition) is 2. The maximum atomic E-state index is 5.57. The predicted octanol–water partition coefficient (Wildman–Crippen LogP) is 1.46. The number of hydrogen-bond acceptors (Lipinski definition) is 5. The maximum Gasteiger partial charge on any atom is 0.191 e. The third-order valence-electron chi connectivity index (χ3n) is 4.39. The fourth-order valence-corrected chi connectivity index (χ4v) is 3.01. The molecule has 2 heterocycles. The summed E-state index contributed by atoms with van der Waals surface area (Å²) < 4.78 is 16.0. The molecule has 25 heavy (non-hydrogen) atoms. The zero-order valence-corrected chi connectivity index (χ0v) is 15.5. The molecule has 1 aliphatic heterocycles. The first-order valence-electron chi connectivity index (χ1n) is 9.11. The van der Waals surface area contributed by atoms with Gasteiger partial charge < -0.3 is 24.5 Å². The van der Waals surface area contributed by atoms with Crippen LogP contribution in [0.3, 0.4) is 0 Å². The second kappa shape index (κ2) is 11.9. The molecule has 1 aliphatic rings. The molecule has 142 valence electrons. The average Bonchev–Trinajstić information content (AvgIpc) is 3.30. The van der Waals surface area contributed by atoms with Gasteiger partial charge in [-0.3, -0.25) is 9.89 Å². The van der Waals surface area contributed by atoms with Crippen molar-refractivity contribution in [3.8, 4) is 0 Å². The Kier molecular flexibility index (Phi) is 9.40. The van der Waals surface area contributed by atoms with E-state index in [0.717, 1.165) is 50.9 Å². The van der Waals surface area contributed by atoms with Gasteiger partial charge in [0.1, 0.15) is 12.4 Å². The highest BCUT2D eigenvalue weighted by Crippen LogP contribution is 2.15. The van der Waals surface area contributed by atoms with Crippen LogP contribution in [0.4, 0.5) is 0 Å². The number of methoxy groups -OCH3 is 1. The summed E-state index contributed by atoms with van der Waals surface area (Å²) >= 11 is 0. The summed E-state index contributed by atoms with van der Waals surface area (Å²) in [5.41, 5.74) is 0. The highest BCUT2D eigenvalue weighted by atomic mass is 16.5. The number of likely N-dealkylation sites (tertiary alicyclic amines) is 1. The van der Waals surface area contributed by atoms with E-state index in [4.69, 9.17) is 13.9 Å². The topological polar surface area (TPSA) is 71.3 Å². The molecule has 7 heteroatoms. The summed E-state index contributed by atoms with van der Waals surface area (Å²) in [7, 11) is 3.56. The van der Waals surface area contributed by atoms with Crippen molar-refractivity contribution in [1.29, 1.82) is 0 Å². The second-order valence-corrected chi connectivity index (χ2v) is 6.19. The number of nitrogens with one attached hydrogen (secondary N) is 2. The van der Waals surface area contributed by atoms with Crippen LogP contribution < -0.4 is 10.6 Å². The first-order valence-corrected chi connectivity index (χ1v) is 9.11. The first kappa shape index (κ1) is 19.8. The lowest BCUT2D eigenvalue weighted by molar-refractivity contribution is 0.105. The van der Waals surface area contributed by atoms with Crippen LogP contribution in [-0.4, -0.2) is 70.5 Å². The summed E-state index contributed by atoms with van der Waals surface area (Å²) in [5.74, 6) is 1.71. The summed E-state index contributed by atoms with van der Waals surface area (Å²) in [6.45, 7) is 5.92. The van der Waals surface area contributed by atoms with Gasteiger partial charge in [0.25, 0.3) is 0 Å². The van der Waals surface area contributed by atoms with Crippen molar-refractivity contribution in [1.82, 2.24) is 15.5 Å². The van der Waals surface area contributed by atoms with Crippen LogP contribution in [0, 0.1) is 0 Å². The minimum Gasteiger partial charge on any atom is -0.467 e. The summed E-state index contributed by atoms with van der Waals surface area (Å²) in [4.78, 5) is 6.78. The van der Waals surface area contributed by atoms with Crippen LogP contribution in [-0.2, 0) is 16.1 Å². The largest absolute Gasteiger partial charge is 0.467 e. The third-order valence-corrected chi connectivity index (χ3v) is 4.39. The molecule has 0 bridgehead atoms. The Morgan fingerprint density at radius 2 is 2.32 bits per heavy atom. The van der Waals surface area contributed by atoms with E-state index in [1.807, 2.05) is 12.1 Å². The average molecular weight is 352 g/mol. The number of ether oxygens (including phenoxy) is 2. The van der Waals surface area contributed by atoms with Gasteiger partial charge in [0, 0.05) is 46.4 Å². The SMILES string of the molecule is CN=C(NCCCOCc1ccco1)NCC1CCCN1CCOC. The van der Waals surface area contributed by atoms with Gasteiger partial charge in [-0.15, -0.1) is 0 Å². The summed E-state index contributed by atoms with van der Waals surface area (Å²) in [6.07, 6.45) is 5.07. The molecular formula is C18H32N4O3. The number of rotatable bonds is 11. The monoisotopic (exact) mass is 352 g/mol. The molecule has 0 aliphatic carbocycles. The molecule has 0 amide bonds. The van der Waals surface area contributed by atoms with Crippen molar-refractivity contribution in [2.75, 3.05) is 53.6 Å². The molecule has 0 saturated carbocycles. The Hall–Kier alpha value is -1.57. The predicted molar refractivity (Wildman–Crippen MR) is 98.8 cm³/mol. The van der Waals surface area contributed by atoms with E-state index in [9.17, 15) is 0 Å². The van der Waals surface area contributed by atoms with Crippen molar-refractivity contribution in [2.24, 2.45) is 4.99 Å². The molecule has 1 aromatic rings. The van der Waals surface area contributed by atoms with Gasteiger partial charge in [0.2, 0.25) is 0 Å². The molecular weight excluding hydrogens is 320 g/mol. The van der Waals surface area contributed by atoms with E-state index in [-0.39, 0.29) is 0 Å². The van der Waals surface area contributed by atoms with E-state index in [0.29, 0.717) is 19.3 Å². The van der Waals surface area contributed by atoms with Crippen molar-refractivity contribution in [2.45, 2.75) is 31.9 Å². The van der Waals surface area contributed by atoms with Gasteiger partial charge in [-0.1, -0.05) is 0 Å². The lowest BCUT2D eigenvalue weighted by Gasteiger charge is -2.25. The van der Waals surface area contributed by atoms with Crippen LogP contribution in [0.15, 0.2) is 27.8 Å². The minimum atomic E-state index is 0.527. The molecule has 1 aromatic heterocycles. The number of guanidine groups is 1. The Morgan fingerprint density at radius 3 is 3.08 bits per heavy atom. The van der Waals surface area contributed by atoms with Gasteiger partial charge in [-0.05, 0) is 37.9 Å². The van der Waals surface area contributed by atoms with E-state index < -0.39 is 0 Å². The summed E-state index contributed by atoms with van der Waals surface area (Å²) in [5, 5.41) is 6.77. The molecule has 1 unspecified atom stereocenters. The van der Waals surface area contributed by atoms with E-state index >= 15 is 0 Å². The highest BCUT2D eigenvalue weighted by Gasteiger charge is 2.23. The standard InChI is InChI=1S/C18H32N4O3/c1-19-18(20-8-5-11-24-15-17-7-4-12-25-17)21-14-16-6-3-9-22(16)10-13-23-2/h4,7,12,16H,3,5-6,8-11,13-15H2,1-2H3,(H2,19,20,21). The van der Waals surface area contributed by atoms with Gasteiger partial charge >= 0.3 is 0 Å². The first-order chi connectivity index (χ1) is 12.3. The van der Waals surface area contributed by atoms with E-state index in [1.54, 1.807) is 20.4 Å². The molecule has 1 saturated heterocycles. The Labute approximate surface area is 150 Å². The Morgan fingerprint density at radius 1 is 1.40 bits per heavy atom. The maximum absolute atomic E-state index is 5.57. The van der Waals surface area contributed by atoms with E-state index in [2.05, 4.69) is 20.5 Å². The highest BCUT2D eigenvalue weighted by molar-refractivity contribution is 5.79. The van der Waals surface area contributed by atoms with Gasteiger partial charge in [-0.25, -0.2) is 0 Å². The minimum absolute atomic E-state index is 0.527. The lowest BCUT2D eigenvalue weighted by atomic mass is 10.2. The molecule has 0 radical (unpaired) electrons. The van der Waals surface area contributed by atoms with Crippen molar-refractivity contribution in [3.63, 3.8) is 0 Å². The molecule has 1 fully saturated rings. The fraction of sp³-hybridized carbons (Fsp3) is 0.722. The molecule has 0 spiro atoms. The van der Waals surface area contributed by atoms with Crippen LogP contribution in [0.2, 0.25) is 0 Å². The van der Waals surface area contributed by atoms with Gasteiger partial charge in [0.05, 0.1) is 12.9 Å². The molecule has 1 atom stereocenters.